The number of fused-ring (bicyclic) bond motifs is 11. The van der Waals surface area contributed by atoms with E-state index in [0.717, 1.165) is 0 Å². The Morgan fingerprint density at radius 1 is 0.488 bits per heavy atom. The zero-order chi connectivity index (χ0) is 28.0. The van der Waals surface area contributed by atoms with Gasteiger partial charge in [-0.2, -0.15) is 0 Å². The fourth-order valence-corrected chi connectivity index (χ4v) is 7.76. The van der Waals surface area contributed by atoms with Gasteiger partial charge in [0.15, 0.2) is 0 Å². The molecule has 5 aromatic carbocycles. The molecule has 2 aliphatic rings. The molecule has 0 spiro atoms. The van der Waals surface area contributed by atoms with Crippen LogP contribution in [0.25, 0.3) is 55.0 Å². The van der Waals surface area contributed by atoms with Gasteiger partial charge in [-0.3, -0.25) is 0 Å². The van der Waals surface area contributed by atoms with E-state index in [1.54, 1.807) is 0 Å². The van der Waals surface area contributed by atoms with Gasteiger partial charge < -0.3 is 9.13 Å². The topological polar surface area (TPSA) is 9.86 Å². The van der Waals surface area contributed by atoms with Crippen LogP contribution in [-0.2, 0) is 10.8 Å². The fraction of sp³-hybridized carbons (Fsp3) is 0.211. The molecule has 0 aliphatic carbocycles. The van der Waals surface area contributed by atoms with E-state index in [0.29, 0.717) is 0 Å². The van der Waals surface area contributed by atoms with Crippen LogP contribution in [-0.4, -0.2) is 15.8 Å². The van der Waals surface area contributed by atoms with Gasteiger partial charge in [0.05, 0.1) is 16.6 Å². The standard InChI is InChI=1S/C38H33BN2/c1-37(2,3)22-15-17-31-26(19-22)27-20-23(38(4,5)6)21-29-35(27)41(31)33-18-16-25-24-11-7-9-13-30(24)40-32-14-10-8-12-28(32)39(29)34(33)36(25)40/h7-21H,1-6H3. The van der Waals surface area contributed by atoms with Gasteiger partial charge in [-0.25, -0.2) is 0 Å². The molecular weight excluding hydrogens is 495 g/mol. The van der Waals surface area contributed by atoms with Crippen molar-refractivity contribution in [2.24, 2.45) is 0 Å². The average Bonchev–Trinajstić information content (AvgIpc) is 3.46. The third-order valence-electron chi connectivity index (χ3n) is 9.80. The minimum absolute atomic E-state index is 0.0378. The van der Waals surface area contributed by atoms with Gasteiger partial charge in [-0.15, -0.1) is 0 Å². The third-order valence-corrected chi connectivity index (χ3v) is 9.80. The predicted molar refractivity (Wildman–Crippen MR) is 177 cm³/mol. The van der Waals surface area contributed by atoms with E-state index in [1.165, 1.54) is 82.5 Å². The normalized spacial score (nSPS) is 14.0. The van der Waals surface area contributed by atoms with Crippen molar-refractivity contribution in [3.8, 4) is 11.4 Å². The Hall–Kier alpha value is -4.24. The molecule has 2 aliphatic heterocycles. The summed E-state index contributed by atoms with van der Waals surface area (Å²) in [4.78, 5) is 0. The van der Waals surface area contributed by atoms with Crippen LogP contribution < -0.4 is 16.4 Å². The quantitative estimate of drug-likeness (QED) is 0.179. The number of benzene rings is 5. The summed E-state index contributed by atoms with van der Waals surface area (Å²) >= 11 is 0. The van der Waals surface area contributed by atoms with E-state index in [-0.39, 0.29) is 17.5 Å². The number of hydrogen-bond acceptors (Lipinski definition) is 0. The zero-order valence-corrected chi connectivity index (χ0v) is 24.6. The van der Waals surface area contributed by atoms with Gasteiger partial charge in [0.2, 0.25) is 0 Å². The van der Waals surface area contributed by atoms with Crippen molar-refractivity contribution in [1.29, 1.82) is 0 Å². The average molecular weight is 529 g/mol. The van der Waals surface area contributed by atoms with E-state index in [2.05, 4.69) is 142 Å². The van der Waals surface area contributed by atoms with Crippen molar-refractivity contribution in [3.05, 3.63) is 102 Å². The lowest BCUT2D eigenvalue weighted by Gasteiger charge is -2.34. The van der Waals surface area contributed by atoms with Gasteiger partial charge in [0.25, 0.3) is 6.71 Å². The van der Waals surface area contributed by atoms with Crippen molar-refractivity contribution in [1.82, 2.24) is 9.13 Å². The molecule has 0 fully saturated rings. The van der Waals surface area contributed by atoms with Gasteiger partial charge in [-0.05, 0) is 74.7 Å². The number of para-hydroxylation sites is 2. The largest absolute Gasteiger partial charge is 0.310 e. The fourth-order valence-electron chi connectivity index (χ4n) is 7.76. The minimum Gasteiger partial charge on any atom is -0.310 e. The summed E-state index contributed by atoms with van der Waals surface area (Å²) in [6.45, 7) is 14.2. The van der Waals surface area contributed by atoms with Gasteiger partial charge in [0.1, 0.15) is 0 Å². The summed E-state index contributed by atoms with van der Waals surface area (Å²) in [5.74, 6) is 0. The van der Waals surface area contributed by atoms with Crippen LogP contribution in [0.5, 0.6) is 0 Å². The summed E-state index contributed by atoms with van der Waals surface area (Å²) in [5, 5.41) is 5.41. The molecule has 0 saturated heterocycles. The molecule has 3 heteroatoms. The zero-order valence-electron chi connectivity index (χ0n) is 24.6. The molecule has 9 rings (SSSR count). The van der Waals surface area contributed by atoms with Crippen LogP contribution >= 0.6 is 0 Å². The van der Waals surface area contributed by atoms with Crippen molar-refractivity contribution in [2.45, 2.75) is 52.4 Å². The van der Waals surface area contributed by atoms with Crippen molar-refractivity contribution < 1.29 is 0 Å². The summed E-state index contributed by atoms with van der Waals surface area (Å²) in [7, 11) is 0. The first-order valence-electron chi connectivity index (χ1n) is 14.9. The monoisotopic (exact) mass is 528 g/mol. The third kappa shape index (κ3) is 2.84. The number of hydrogen-bond donors (Lipinski definition) is 0. The van der Waals surface area contributed by atoms with E-state index in [9.17, 15) is 0 Å². The van der Waals surface area contributed by atoms with Crippen molar-refractivity contribution in [2.75, 3.05) is 0 Å². The second-order valence-electron chi connectivity index (χ2n) is 14.3. The Morgan fingerprint density at radius 3 is 1.98 bits per heavy atom. The van der Waals surface area contributed by atoms with Crippen molar-refractivity contribution >= 4 is 66.7 Å². The molecule has 2 nitrogen and oxygen atoms in total. The van der Waals surface area contributed by atoms with Gasteiger partial charge >= 0.3 is 0 Å². The van der Waals surface area contributed by atoms with E-state index >= 15 is 0 Å². The van der Waals surface area contributed by atoms with E-state index in [4.69, 9.17) is 0 Å². The maximum absolute atomic E-state index is 2.58. The van der Waals surface area contributed by atoms with Crippen LogP contribution in [0.2, 0.25) is 0 Å². The highest BCUT2D eigenvalue weighted by atomic mass is 15.0. The second kappa shape index (κ2) is 7.34. The second-order valence-corrected chi connectivity index (χ2v) is 14.3. The first kappa shape index (κ1) is 23.5. The Labute approximate surface area is 241 Å². The Bertz CT molecular complexity index is 2280. The molecule has 7 aromatic rings. The first-order chi connectivity index (χ1) is 19.6. The summed E-state index contributed by atoms with van der Waals surface area (Å²) in [6, 6.07) is 35.0. The Kier molecular flexibility index (Phi) is 4.20. The molecule has 0 bridgehead atoms. The number of aromatic nitrogens is 2. The summed E-state index contributed by atoms with van der Waals surface area (Å²) < 4.78 is 5.12. The highest BCUT2D eigenvalue weighted by Crippen LogP contribution is 2.41. The molecule has 0 atom stereocenters. The van der Waals surface area contributed by atoms with Crippen LogP contribution in [0, 0.1) is 0 Å². The lowest BCUT2D eigenvalue weighted by atomic mass is 9.34. The Balaban J connectivity index is 1.55. The number of rotatable bonds is 0. The minimum atomic E-state index is 0.0378. The smallest absolute Gasteiger partial charge is 0.252 e. The molecule has 41 heavy (non-hydrogen) atoms. The summed E-state index contributed by atoms with van der Waals surface area (Å²) in [5.41, 5.74) is 15.1. The summed E-state index contributed by atoms with van der Waals surface area (Å²) in [6.07, 6.45) is 0. The predicted octanol–water partition coefficient (Wildman–Crippen LogP) is 7.62. The molecule has 198 valence electrons. The number of nitrogens with zero attached hydrogens (tertiary/aromatic N) is 2. The maximum Gasteiger partial charge on any atom is 0.252 e. The van der Waals surface area contributed by atoms with Crippen LogP contribution in [0.3, 0.4) is 0 Å². The lowest BCUT2D eigenvalue weighted by Crippen LogP contribution is -2.59. The SMILES string of the molecule is CC(C)(C)c1ccc2c(c1)c1cc(C(C)(C)C)cc3c1n2-c1ccc2c4ccccc4n4c2c1B3c1ccccc1-4. The molecule has 0 N–H and O–H groups in total. The molecule has 0 saturated carbocycles. The Morgan fingerprint density at radius 2 is 1.17 bits per heavy atom. The molecule has 4 heterocycles. The molecule has 0 radical (unpaired) electrons. The molecule has 2 aromatic heterocycles. The first-order valence-corrected chi connectivity index (χ1v) is 14.9. The molecule has 0 amide bonds. The van der Waals surface area contributed by atoms with Crippen LogP contribution in [0.15, 0.2) is 91.0 Å². The highest BCUT2D eigenvalue weighted by molar-refractivity contribution is 7.00. The lowest BCUT2D eigenvalue weighted by molar-refractivity contribution is 0.590. The van der Waals surface area contributed by atoms with Crippen LogP contribution in [0.4, 0.5) is 0 Å². The van der Waals surface area contributed by atoms with Gasteiger partial charge in [0, 0.05) is 38.4 Å². The van der Waals surface area contributed by atoms with Crippen molar-refractivity contribution in [3.63, 3.8) is 0 Å². The van der Waals surface area contributed by atoms with Crippen LogP contribution in [0.1, 0.15) is 52.7 Å². The highest BCUT2D eigenvalue weighted by Gasteiger charge is 2.41. The molecule has 0 unspecified atom stereocenters. The van der Waals surface area contributed by atoms with E-state index in [1.807, 2.05) is 0 Å². The van der Waals surface area contributed by atoms with Gasteiger partial charge in [-0.1, -0.05) is 96.1 Å². The maximum atomic E-state index is 2.58. The van der Waals surface area contributed by atoms with E-state index < -0.39 is 0 Å². The molecular formula is C38H33BN2.